The lowest BCUT2D eigenvalue weighted by Crippen LogP contribution is -2.19. The maximum atomic E-state index is 12.1. The second-order valence-corrected chi connectivity index (χ2v) is 4.15. The Kier molecular flexibility index (Phi) is 4.61. The molecule has 0 saturated carbocycles. The number of hydrogen-bond acceptors (Lipinski definition) is 3. The fourth-order valence-corrected chi connectivity index (χ4v) is 1.58. The normalized spacial score (nSPS) is 11.1. The summed E-state index contributed by atoms with van der Waals surface area (Å²) in [5.74, 6) is -1.40. The van der Waals surface area contributed by atoms with E-state index < -0.39 is 18.1 Å². The number of benzene rings is 1. The van der Waals surface area contributed by atoms with Gasteiger partial charge in [-0.25, -0.2) is 4.79 Å². The number of carbonyl (C=O) groups excluding carboxylic acids is 1. The molecule has 0 amide bonds. The monoisotopic (exact) mass is 360 g/mol. The van der Waals surface area contributed by atoms with Crippen LogP contribution in [0.25, 0.3) is 0 Å². The number of esters is 1. The lowest BCUT2D eigenvalue weighted by atomic mass is 10.2. The molecule has 17 heavy (non-hydrogen) atoms. The summed E-state index contributed by atoms with van der Waals surface area (Å²) in [7, 11) is 0. The number of rotatable bonds is 3. The van der Waals surface area contributed by atoms with Crippen molar-refractivity contribution in [2.45, 2.75) is 13.3 Å². The lowest BCUT2D eigenvalue weighted by Gasteiger charge is -2.12. The van der Waals surface area contributed by atoms with Gasteiger partial charge in [-0.1, -0.05) is 0 Å². The Hall–Kier alpha value is -0.990. The third kappa shape index (κ3) is 4.41. The van der Waals surface area contributed by atoms with E-state index in [2.05, 4.69) is 9.47 Å². The number of halogens is 4. The third-order valence-electron chi connectivity index (χ3n) is 1.66. The first-order valence-corrected chi connectivity index (χ1v) is 5.63. The summed E-state index contributed by atoms with van der Waals surface area (Å²) in [6.45, 7) is 1.64. The molecule has 0 N–H and O–H groups in total. The van der Waals surface area contributed by atoms with Crippen LogP contribution >= 0.6 is 22.6 Å². The Morgan fingerprint density at radius 2 is 2.06 bits per heavy atom. The molecule has 0 aliphatic rings. The molecule has 7 heteroatoms. The summed E-state index contributed by atoms with van der Waals surface area (Å²) in [6, 6.07) is 3.77. The lowest BCUT2D eigenvalue weighted by molar-refractivity contribution is -0.274. The minimum atomic E-state index is -4.84. The summed E-state index contributed by atoms with van der Waals surface area (Å²) in [5, 5.41) is 0. The molecule has 0 unspecified atom stereocenters. The average molecular weight is 360 g/mol. The van der Waals surface area contributed by atoms with Crippen molar-refractivity contribution in [2.75, 3.05) is 6.61 Å². The molecule has 0 radical (unpaired) electrons. The van der Waals surface area contributed by atoms with Crippen LogP contribution in [0.15, 0.2) is 18.2 Å². The van der Waals surface area contributed by atoms with Crippen LogP contribution in [0.4, 0.5) is 13.2 Å². The van der Waals surface area contributed by atoms with Crippen molar-refractivity contribution in [2.24, 2.45) is 0 Å². The molecule has 1 rings (SSSR count). The van der Waals surface area contributed by atoms with Crippen LogP contribution in [-0.4, -0.2) is 18.9 Å². The number of ether oxygens (including phenoxy) is 2. The van der Waals surface area contributed by atoms with Crippen LogP contribution in [0.3, 0.4) is 0 Å². The highest BCUT2D eigenvalue weighted by molar-refractivity contribution is 14.1. The Labute approximate surface area is 109 Å². The van der Waals surface area contributed by atoms with E-state index in [1.807, 2.05) is 22.6 Å². The highest BCUT2D eigenvalue weighted by atomic mass is 127. The van der Waals surface area contributed by atoms with Crippen molar-refractivity contribution >= 4 is 28.6 Å². The maximum Gasteiger partial charge on any atom is 0.573 e. The van der Waals surface area contributed by atoms with Crippen molar-refractivity contribution in [3.63, 3.8) is 0 Å². The summed E-state index contributed by atoms with van der Waals surface area (Å²) in [6.07, 6.45) is -4.84. The van der Waals surface area contributed by atoms with Crippen molar-refractivity contribution in [3.05, 3.63) is 27.3 Å². The topological polar surface area (TPSA) is 35.5 Å². The van der Waals surface area contributed by atoms with Crippen molar-refractivity contribution < 1.29 is 27.4 Å². The fourth-order valence-electron chi connectivity index (χ4n) is 1.08. The van der Waals surface area contributed by atoms with Crippen LogP contribution in [0, 0.1) is 3.57 Å². The predicted octanol–water partition coefficient (Wildman–Crippen LogP) is 3.37. The summed E-state index contributed by atoms with van der Waals surface area (Å²) in [5.41, 5.74) is -0.240. The zero-order chi connectivity index (χ0) is 13.1. The van der Waals surface area contributed by atoms with Gasteiger partial charge in [0.2, 0.25) is 0 Å². The van der Waals surface area contributed by atoms with E-state index in [-0.39, 0.29) is 12.2 Å². The highest BCUT2D eigenvalue weighted by Gasteiger charge is 2.33. The average Bonchev–Trinajstić information content (AvgIpc) is 2.19. The van der Waals surface area contributed by atoms with Gasteiger partial charge in [0.1, 0.15) is 11.3 Å². The molecule has 3 nitrogen and oxygen atoms in total. The number of hydrogen-bond donors (Lipinski definition) is 0. The minimum Gasteiger partial charge on any atom is -0.462 e. The highest BCUT2D eigenvalue weighted by Crippen LogP contribution is 2.28. The van der Waals surface area contributed by atoms with E-state index in [1.165, 1.54) is 12.1 Å². The van der Waals surface area contributed by atoms with Gasteiger partial charge in [0, 0.05) is 3.57 Å². The molecule has 0 aliphatic heterocycles. The standard InChI is InChI=1S/C10H8F3IO3/c1-2-16-9(15)7-5-6(14)3-4-8(7)17-10(11,12)13/h3-5H,2H2,1H3. The molecule has 1 aromatic rings. The van der Waals surface area contributed by atoms with Crippen LogP contribution in [0.2, 0.25) is 0 Å². The predicted molar refractivity (Wildman–Crippen MR) is 61.8 cm³/mol. The van der Waals surface area contributed by atoms with Gasteiger partial charge in [-0.3, -0.25) is 0 Å². The van der Waals surface area contributed by atoms with E-state index in [9.17, 15) is 18.0 Å². The molecule has 1 aromatic carbocycles. The van der Waals surface area contributed by atoms with Gasteiger partial charge in [0.15, 0.2) is 0 Å². The summed E-state index contributed by atoms with van der Waals surface area (Å²) < 4.78 is 45.3. The van der Waals surface area contributed by atoms with Crippen LogP contribution in [-0.2, 0) is 4.74 Å². The maximum absolute atomic E-state index is 12.1. The van der Waals surface area contributed by atoms with Crippen molar-refractivity contribution in [1.29, 1.82) is 0 Å². The number of alkyl halides is 3. The van der Waals surface area contributed by atoms with Crippen molar-refractivity contribution in [3.8, 4) is 5.75 Å². The second-order valence-electron chi connectivity index (χ2n) is 2.91. The zero-order valence-electron chi connectivity index (χ0n) is 8.68. The second kappa shape index (κ2) is 5.56. The van der Waals surface area contributed by atoms with Gasteiger partial charge in [0.05, 0.1) is 6.61 Å². The molecule has 0 aliphatic carbocycles. The first-order valence-electron chi connectivity index (χ1n) is 4.56. The van der Waals surface area contributed by atoms with E-state index >= 15 is 0 Å². The first kappa shape index (κ1) is 14.1. The summed E-state index contributed by atoms with van der Waals surface area (Å²) >= 11 is 1.88. The first-order chi connectivity index (χ1) is 7.83. The van der Waals surface area contributed by atoms with Crippen LogP contribution in [0.1, 0.15) is 17.3 Å². The fraction of sp³-hybridized carbons (Fsp3) is 0.300. The molecular weight excluding hydrogens is 352 g/mol. The van der Waals surface area contributed by atoms with E-state index in [0.717, 1.165) is 6.07 Å². The molecular formula is C10H8F3IO3. The SMILES string of the molecule is CCOC(=O)c1cc(I)ccc1OC(F)(F)F. The molecule has 0 atom stereocenters. The van der Waals surface area contributed by atoms with E-state index in [1.54, 1.807) is 6.92 Å². The quantitative estimate of drug-likeness (QED) is 0.613. The van der Waals surface area contributed by atoms with Gasteiger partial charge in [-0.15, -0.1) is 13.2 Å². The van der Waals surface area contributed by atoms with Crippen molar-refractivity contribution in [1.82, 2.24) is 0 Å². The molecule has 0 aromatic heterocycles. The third-order valence-corrected chi connectivity index (χ3v) is 2.33. The molecule has 94 valence electrons. The molecule has 0 saturated heterocycles. The van der Waals surface area contributed by atoms with Gasteiger partial charge in [-0.2, -0.15) is 0 Å². The Morgan fingerprint density at radius 1 is 1.41 bits per heavy atom. The molecule has 0 bridgehead atoms. The molecule has 0 heterocycles. The zero-order valence-corrected chi connectivity index (χ0v) is 10.8. The Bertz CT molecular complexity index is 418. The van der Waals surface area contributed by atoms with Crippen LogP contribution in [0.5, 0.6) is 5.75 Å². The van der Waals surface area contributed by atoms with Gasteiger partial charge >= 0.3 is 12.3 Å². The van der Waals surface area contributed by atoms with Gasteiger partial charge < -0.3 is 9.47 Å². The van der Waals surface area contributed by atoms with Crippen LogP contribution < -0.4 is 4.74 Å². The Morgan fingerprint density at radius 3 is 2.59 bits per heavy atom. The van der Waals surface area contributed by atoms with E-state index in [0.29, 0.717) is 3.57 Å². The summed E-state index contributed by atoms with van der Waals surface area (Å²) in [4.78, 5) is 11.4. The van der Waals surface area contributed by atoms with Gasteiger partial charge in [0.25, 0.3) is 0 Å². The number of carbonyl (C=O) groups is 1. The Balaban J connectivity index is 3.08. The molecule has 0 fully saturated rings. The van der Waals surface area contributed by atoms with Gasteiger partial charge in [-0.05, 0) is 47.7 Å². The smallest absolute Gasteiger partial charge is 0.462 e. The minimum absolute atomic E-state index is 0.0791. The molecule has 0 spiro atoms. The van der Waals surface area contributed by atoms with E-state index in [4.69, 9.17) is 0 Å². The largest absolute Gasteiger partial charge is 0.573 e.